The fourth-order valence-electron chi connectivity index (χ4n) is 5.32. The van der Waals surface area contributed by atoms with Crippen LogP contribution in [0.4, 0.5) is 0 Å². The van der Waals surface area contributed by atoms with Crippen molar-refractivity contribution in [1.82, 2.24) is 15.0 Å². The van der Waals surface area contributed by atoms with Gasteiger partial charge in [-0.2, -0.15) is 10.1 Å². The Bertz CT molecular complexity index is 1670. The second-order valence-electron chi connectivity index (χ2n) is 10.1. The van der Waals surface area contributed by atoms with Crippen LogP contribution in [-0.4, -0.2) is 63.6 Å². The van der Waals surface area contributed by atoms with Crippen LogP contribution in [0.5, 0.6) is 6.01 Å². The SMILES string of the molecule is CC1=CC(c2ccc(-c3ccc(-c4nc5nc(O[C@@H]6CO[C@H]7[C@@H]6OC[C@H]7O)[nH]c5cc4Cl)cc3)cc2)C(=O)N=N1. The van der Waals surface area contributed by atoms with Crippen LogP contribution in [0.15, 0.2) is 76.6 Å². The van der Waals surface area contributed by atoms with Gasteiger partial charge < -0.3 is 24.3 Å². The Morgan fingerprint density at radius 2 is 1.65 bits per heavy atom. The molecule has 11 heteroatoms. The van der Waals surface area contributed by atoms with Gasteiger partial charge in [0.15, 0.2) is 11.8 Å². The maximum absolute atomic E-state index is 12.2. The van der Waals surface area contributed by atoms with E-state index in [-0.39, 0.29) is 36.8 Å². The van der Waals surface area contributed by atoms with E-state index in [2.05, 4.69) is 25.2 Å². The fourth-order valence-corrected chi connectivity index (χ4v) is 5.58. The monoisotopic (exact) mass is 557 g/mol. The van der Waals surface area contributed by atoms with Gasteiger partial charge in [0.1, 0.15) is 18.3 Å². The number of hydrogen-bond donors (Lipinski definition) is 2. The topological polar surface area (TPSA) is 131 Å². The number of aliphatic hydroxyl groups is 1. The van der Waals surface area contributed by atoms with E-state index in [1.165, 1.54) is 0 Å². The first-order chi connectivity index (χ1) is 19.4. The van der Waals surface area contributed by atoms with Crippen LogP contribution in [0.2, 0.25) is 5.02 Å². The molecule has 4 aromatic rings. The molecule has 5 heterocycles. The minimum absolute atomic E-state index is 0.228. The van der Waals surface area contributed by atoms with Gasteiger partial charge in [0.2, 0.25) is 0 Å². The first kappa shape index (κ1) is 25.0. The number of benzene rings is 2. The lowest BCUT2D eigenvalue weighted by Gasteiger charge is -2.15. The zero-order chi connectivity index (χ0) is 27.4. The molecule has 10 nitrogen and oxygen atoms in total. The average Bonchev–Trinajstić information content (AvgIpc) is 3.66. The Kier molecular flexibility index (Phi) is 6.20. The van der Waals surface area contributed by atoms with E-state index in [4.69, 9.17) is 25.8 Å². The van der Waals surface area contributed by atoms with E-state index in [1.54, 1.807) is 6.07 Å². The van der Waals surface area contributed by atoms with Gasteiger partial charge in [-0.15, -0.1) is 5.11 Å². The van der Waals surface area contributed by atoms with Crippen molar-refractivity contribution in [3.8, 4) is 28.4 Å². The third-order valence-corrected chi connectivity index (χ3v) is 7.68. The third-order valence-electron chi connectivity index (χ3n) is 7.39. The molecular formula is C29H24ClN5O5. The number of ether oxygens (including phenoxy) is 3. The number of aromatic nitrogens is 3. The number of fused-ring (bicyclic) bond motifs is 2. The van der Waals surface area contributed by atoms with Crippen LogP contribution in [0.1, 0.15) is 18.4 Å². The van der Waals surface area contributed by atoms with Crippen LogP contribution < -0.4 is 4.74 Å². The Labute approximate surface area is 233 Å². The number of pyridine rings is 1. The minimum atomic E-state index is -0.648. The summed E-state index contributed by atoms with van der Waals surface area (Å²) in [6.07, 6.45) is 0.0737. The predicted octanol–water partition coefficient (Wildman–Crippen LogP) is 4.83. The summed E-state index contributed by atoms with van der Waals surface area (Å²) in [5.74, 6) is -0.666. The van der Waals surface area contributed by atoms with Crippen molar-refractivity contribution in [1.29, 1.82) is 0 Å². The number of halogens is 1. The van der Waals surface area contributed by atoms with Gasteiger partial charge in [-0.1, -0.05) is 60.1 Å². The largest absolute Gasteiger partial charge is 0.456 e. The molecule has 2 N–H and O–H groups in total. The summed E-state index contributed by atoms with van der Waals surface area (Å²) in [7, 11) is 0. The molecule has 0 bridgehead atoms. The maximum Gasteiger partial charge on any atom is 0.296 e. The number of rotatable bonds is 5. The standard InChI is InChI=1S/C29H24ClN5O5/c1-14-10-19(28(37)35-34-14)17-6-2-15(3-7-17)16-4-8-18(9-5-16)24-20(30)11-21-27(32-24)33-29(31-21)40-23-13-39-25-22(36)12-38-26(23)25/h2-11,19,22-23,25-26,36H,12-13H2,1H3,(H,31,32,33)/t19?,22-,23-,25-,26-/m1/s1. The Hall–Kier alpha value is -3.96. The molecule has 7 rings (SSSR count). The molecule has 2 saturated heterocycles. The van der Waals surface area contributed by atoms with Crippen molar-refractivity contribution in [2.75, 3.05) is 13.2 Å². The Morgan fingerprint density at radius 3 is 2.42 bits per heavy atom. The van der Waals surface area contributed by atoms with Gasteiger partial charge in [-0.3, -0.25) is 4.79 Å². The lowest BCUT2D eigenvalue weighted by atomic mass is 9.94. The van der Waals surface area contributed by atoms with E-state index in [1.807, 2.05) is 61.5 Å². The summed E-state index contributed by atoms with van der Waals surface area (Å²) in [6, 6.07) is 17.9. The highest BCUT2D eigenvalue weighted by atomic mass is 35.5. The van der Waals surface area contributed by atoms with Crippen molar-refractivity contribution in [3.63, 3.8) is 0 Å². The number of hydrogen-bond acceptors (Lipinski definition) is 8. The zero-order valence-electron chi connectivity index (χ0n) is 21.3. The van der Waals surface area contributed by atoms with Gasteiger partial charge in [0.05, 0.1) is 41.1 Å². The van der Waals surface area contributed by atoms with E-state index >= 15 is 0 Å². The fraction of sp³-hybridized carbons (Fsp3) is 0.276. The molecule has 3 aliphatic heterocycles. The van der Waals surface area contributed by atoms with Gasteiger partial charge in [-0.05, 0) is 35.8 Å². The van der Waals surface area contributed by atoms with Crippen molar-refractivity contribution in [2.45, 2.75) is 37.3 Å². The number of nitrogens with one attached hydrogen (secondary N) is 1. The molecule has 3 aliphatic rings. The first-order valence-electron chi connectivity index (χ1n) is 12.9. The smallest absolute Gasteiger partial charge is 0.296 e. The van der Waals surface area contributed by atoms with E-state index < -0.39 is 12.0 Å². The summed E-state index contributed by atoms with van der Waals surface area (Å²) >= 11 is 6.61. The highest BCUT2D eigenvalue weighted by Crippen LogP contribution is 2.34. The zero-order valence-corrected chi connectivity index (χ0v) is 22.1. The lowest BCUT2D eigenvalue weighted by Crippen LogP contribution is -2.34. The van der Waals surface area contributed by atoms with Crippen molar-refractivity contribution < 1.29 is 24.1 Å². The molecule has 0 spiro atoms. The second-order valence-corrected chi connectivity index (χ2v) is 10.5. The minimum Gasteiger partial charge on any atom is -0.456 e. The first-order valence-corrected chi connectivity index (χ1v) is 13.3. The van der Waals surface area contributed by atoms with Crippen LogP contribution in [0.3, 0.4) is 0 Å². The number of azo groups is 1. The maximum atomic E-state index is 12.2. The summed E-state index contributed by atoms with van der Waals surface area (Å²) in [5.41, 5.74) is 6.20. The highest BCUT2D eigenvalue weighted by Gasteiger charge is 2.48. The second kappa shape index (κ2) is 9.90. The number of amides is 1. The number of carbonyl (C=O) groups is 1. The molecule has 1 unspecified atom stereocenters. The number of nitrogens with zero attached hydrogens (tertiary/aromatic N) is 4. The summed E-state index contributed by atoms with van der Waals surface area (Å²) < 4.78 is 17.2. The molecule has 0 saturated carbocycles. The Balaban J connectivity index is 1.09. The third kappa shape index (κ3) is 4.48. The average molecular weight is 558 g/mol. The van der Waals surface area contributed by atoms with Crippen LogP contribution in [0, 0.1) is 0 Å². The highest BCUT2D eigenvalue weighted by molar-refractivity contribution is 6.33. The molecule has 2 aromatic carbocycles. The van der Waals surface area contributed by atoms with E-state index in [0.717, 1.165) is 28.0 Å². The van der Waals surface area contributed by atoms with Gasteiger partial charge in [-0.25, -0.2) is 4.98 Å². The lowest BCUT2D eigenvalue weighted by molar-refractivity contribution is -0.119. The van der Waals surface area contributed by atoms with Crippen molar-refractivity contribution in [3.05, 3.63) is 77.0 Å². The molecule has 5 atom stereocenters. The number of allylic oxidation sites excluding steroid dienone is 1. The number of H-pyrrole nitrogens is 1. The number of aliphatic hydroxyl groups excluding tert-OH is 1. The molecule has 2 aromatic heterocycles. The molecule has 2 fully saturated rings. The van der Waals surface area contributed by atoms with E-state index in [9.17, 15) is 9.90 Å². The van der Waals surface area contributed by atoms with Gasteiger partial charge in [0, 0.05) is 5.56 Å². The van der Waals surface area contributed by atoms with E-state index in [0.29, 0.717) is 28.5 Å². The van der Waals surface area contributed by atoms with Crippen molar-refractivity contribution in [2.24, 2.45) is 10.2 Å². The van der Waals surface area contributed by atoms with Crippen LogP contribution in [-0.2, 0) is 14.3 Å². The molecule has 1 amide bonds. The predicted molar refractivity (Wildman–Crippen MR) is 146 cm³/mol. The number of aromatic amines is 1. The molecule has 0 radical (unpaired) electrons. The number of imidazole rings is 1. The number of carbonyl (C=O) groups excluding carboxylic acids is 1. The molecule has 40 heavy (non-hydrogen) atoms. The molecule has 202 valence electrons. The summed E-state index contributed by atoms with van der Waals surface area (Å²) in [4.78, 5) is 24.4. The Morgan fingerprint density at radius 1 is 0.950 bits per heavy atom. The van der Waals surface area contributed by atoms with Gasteiger partial charge >= 0.3 is 0 Å². The van der Waals surface area contributed by atoms with Gasteiger partial charge in [0.25, 0.3) is 11.9 Å². The quantitative estimate of drug-likeness (QED) is 0.359. The summed E-state index contributed by atoms with van der Waals surface area (Å²) in [6.45, 7) is 2.36. The molecular weight excluding hydrogens is 534 g/mol. The normalized spacial score (nSPS) is 25.8. The van der Waals surface area contributed by atoms with Crippen LogP contribution in [0.25, 0.3) is 33.5 Å². The molecule has 0 aliphatic carbocycles. The summed E-state index contributed by atoms with van der Waals surface area (Å²) in [5, 5.41) is 18.0. The van der Waals surface area contributed by atoms with Crippen LogP contribution >= 0.6 is 11.6 Å². The van der Waals surface area contributed by atoms with Crippen molar-refractivity contribution >= 4 is 28.7 Å².